The second-order valence-corrected chi connectivity index (χ2v) is 6.56. The van der Waals surface area contributed by atoms with E-state index in [0.29, 0.717) is 19.1 Å². The number of para-hydroxylation sites is 1. The lowest BCUT2D eigenvalue weighted by Crippen LogP contribution is -2.40. The number of nitrogens with one attached hydrogen (secondary N) is 1. The Labute approximate surface area is 149 Å². The monoisotopic (exact) mass is 338 g/mol. The largest absolute Gasteiger partial charge is 0.489 e. The maximum absolute atomic E-state index is 12.3. The van der Waals surface area contributed by atoms with Crippen LogP contribution in [-0.4, -0.2) is 24.0 Å². The average molecular weight is 338 g/mol. The molecule has 4 heteroatoms. The lowest BCUT2D eigenvalue weighted by Gasteiger charge is -2.21. The van der Waals surface area contributed by atoms with Crippen LogP contribution in [0.3, 0.4) is 0 Å². The fraction of sp³-hybridized carbons (Fsp3) is 0.381. The zero-order valence-electron chi connectivity index (χ0n) is 14.8. The van der Waals surface area contributed by atoms with Crippen LogP contribution in [0.15, 0.2) is 54.6 Å². The van der Waals surface area contributed by atoms with E-state index in [1.54, 1.807) is 0 Å². The topological polar surface area (TPSA) is 41.6 Å². The van der Waals surface area contributed by atoms with Crippen LogP contribution in [0.4, 0.5) is 4.79 Å². The molecule has 132 valence electrons. The molecule has 1 saturated carbocycles. The Hall–Kier alpha value is -2.49. The predicted molar refractivity (Wildman–Crippen MR) is 99.4 cm³/mol. The van der Waals surface area contributed by atoms with Crippen LogP contribution in [0, 0.1) is 5.92 Å². The Morgan fingerprint density at radius 2 is 1.88 bits per heavy atom. The summed E-state index contributed by atoms with van der Waals surface area (Å²) in [6, 6.07) is 18.0. The first-order chi connectivity index (χ1) is 12.2. The van der Waals surface area contributed by atoms with Gasteiger partial charge in [-0.15, -0.1) is 0 Å². The molecule has 1 fully saturated rings. The Kier molecular flexibility index (Phi) is 5.94. The van der Waals surface area contributed by atoms with E-state index < -0.39 is 0 Å². The van der Waals surface area contributed by atoms with Gasteiger partial charge in [0.2, 0.25) is 0 Å². The van der Waals surface area contributed by atoms with Gasteiger partial charge in [-0.2, -0.15) is 0 Å². The number of ether oxygens (including phenoxy) is 1. The molecule has 1 aliphatic rings. The summed E-state index contributed by atoms with van der Waals surface area (Å²) in [7, 11) is 0. The molecule has 0 spiro atoms. The van der Waals surface area contributed by atoms with Gasteiger partial charge in [0.25, 0.3) is 0 Å². The molecule has 2 aromatic rings. The number of nitrogens with zero attached hydrogens (tertiary/aromatic N) is 1. The highest BCUT2D eigenvalue weighted by Gasteiger charge is 2.25. The van der Waals surface area contributed by atoms with Crippen molar-refractivity contribution in [3.63, 3.8) is 0 Å². The third-order valence-corrected chi connectivity index (χ3v) is 4.43. The van der Waals surface area contributed by atoms with Crippen LogP contribution in [-0.2, 0) is 13.2 Å². The summed E-state index contributed by atoms with van der Waals surface area (Å²) < 4.78 is 5.78. The minimum Gasteiger partial charge on any atom is -0.489 e. The third-order valence-electron chi connectivity index (χ3n) is 4.43. The molecule has 2 aromatic carbocycles. The Morgan fingerprint density at radius 1 is 1.12 bits per heavy atom. The number of carbonyl (C=O) groups excluding carboxylic acids is 1. The van der Waals surface area contributed by atoms with Gasteiger partial charge in [-0.25, -0.2) is 4.79 Å². The smallest absolute Gasteiger partial charge is 0.317 e. The molecular formula is C21H26N2O2. The van der Waals surface area contributed by atoms with Crippen molar-refractivity contribution in [2.24, 2.45) is 5.92 Å². The molecule has 0 unspecified atom stereocenters. The van der Waals surface area contributed by atoms with Crippen LogP contribution in [0.1, 0.15) is 30.9 Å². The van der Waals surface area contributed by atoms with E-state index >= 15 is 0 Å². The van der Waals surface area contributed by atoms with Gasteiger partial charge in [-0.05, 0) is 48.9 Å². The summed E-state index contributed by atoms with van der Waals surface area (Å²) >= 11 is 0. The molecule has 0 atom stereocenters. The molecule has 1 aliphatic carbocycles. The van der Waals surface area contributed by atoms with Crippen molar-refractivity contribution >= 4 is 6.03 Å². The molecule has 0 heterocycles. The summed E-state index contributed by atoms with van der Waals surface area (Å²) in [5.74, 6) is 1.57. The van der Waals surface area contributed by atoms with E-state index in [1.165, 1.54) is 12.8 Å². The highest BCUT2D eigenvalue weighted by molar-refractivity contribution is 5.74. The van der Waals surface area contributed by atoms with Crippen LogP contribution in [0.2, 0.25) is 0 Å². The first-order valence-corrected chi connectivity index (χ1v) is 9.03. The van der Waals surface area contributed by atoms with Crippen molar-refractivity contribution in [1.82, 2.24) is 10.2 Å². The summed E-state index contributed by atoms with van der Waals surface area (Å²) in [4.78, 5) is 14.2. The van der Waals surface area contributed by atoms with E-state index in [1.807, 2.05) is 60.4 Å². The number of urea groups is 1. The van der Waals surface area contributed by atoms with Crippen molar-refractivity contribution in [3.8, 4) is 5.75 Å². The molecule has 0 saturated heterocycles. The van der Waals surface area contributed by atoms with Crippen molar-refractivity contribution in [3.05, 3.63) is 65.7 Å². The maximum Gasteiger partial charge on any atom is 0.317 e. The number of rotatable bonds is 8. The predicted octanol–water partition coefficient (Wildman–Crippen LogP) is 4.21. The highest BCUT2D eigenvalue weighted by Crippen LogP contribution is 2.29. The van der Waals surface area contributed by atoms with Crippen LogP contribution >= 0.6 is 0 Å². The van der Waals surface area contributed by atoms with Gasteiger partial charge in [0.15, 0.2) is 0 Å². The van der Waals surface area contributed by atoms with Gasteiger partial charge >= 0.3 is 6.03 Å². The molecule has 0 radical (unpaired) electrons. The summed E-state index contributed by atoms with van der Waals surface area (Å²) in [6.45, 7) is 4.73. The summed E-state index contributed by atoms with van der Waals surface area (Å²) in [5, 5.41) is 3.03. The van der Waals surface area contributed by atoms with Gasteiger partial charge < -0.3 is 15.0 Å². The lowest BCUT2D eigenvalue weighted by molar-refractivity contribution is 0.197. The van der Waals surface area contributed by atoms with Crippen molar-refractivity contribution in [1.29, 1.82) is 0 Å². The van der Waals surface area contributed by atoms with Gasteiger partial charge in [-0.3, -0.25) is 0 Å². The van der Waals surface area contributed by atoms with Crippen molar-refractivity contribution in [2.75, 3.05) is 13.1 Å². The lowest BCUT2D eigenvalue weighted by atomic mass is 10.1. The first kappa shape index (κ1) is 17.3. The van der Waals surface area contributed by atoms with E-state index in [-0.39, 0.29) is 6.03 Å². The van der Waals surface area contributed by atoms with E-state index in [2.05, 4.69) is 11.4 Å². The molecule has 25 heavy (non-hydrogen) atoms. The highest BCUT2D eigenvalue weighted by atomic mass is 16.5. The SMILES string of the molecule is CCN(CC1CC1)C(=O)NCc1cccc(COc2ccccc2)c1. The number of carbonyl (C=O) groups is 1. The fourth-order valence-electron chi connectivity index (χ4n) is 2.77. The van der Waals surface area contributed by atoms with E-state index in [0.717, 1.165) is 30.0 Å². The third kappa shape index (κ3) is 5.52. The average Bonchev–Trinajstić information content (AvgIpc) is 3.48. The standard InChI is InChI=1S/C21H26N2O2/c1-2-23(15-17-11-12-17)21(24)22-14-18-7-6-8-19(13-18)16-25-20-9-4-3-5-10-20/h3-10,13,17H,2,11-12,14-16H2,1H3,(H,22,24). The van der Waals surface area contributed by atoms with Gasteiger partial charge in [-0.1, -0.05) is 42.5 Å². The molecule has 3 rings (SSSR count). The number of hydrogen-bond donors (Lipinski definition) is 1. The first-order valence-electron chi connectivity index (χ1n) is 9.03. The number of hydrogen-bond acceptors (Lipinski definition) is 2. The summed E-state index contributed by atoms with van der Waals surface area (Å²) in [5.41, 5.74) is 2.19. The molecule has 4 nitrogen and oxygen atoms in total. The minimum atomic E-state index is 0.0281. The van der Waals surface area contributed by atoms with Crippen molar-refractivity contribution in [2.45, 2.75) is 32.9 Å². The van der Waals surface area contributed by atoms with E-state index in [9.17, 15) is 4.79 Å². The molecular weight excluding hydrogens is 312 g/mol. The summed E-state index contributed by atoms with van der Waals surface area (Å²) in [6.07, 6.45) is 2.51. The van der Waals surface area contributed by atoms with Gasteiger partial charge in [0, 0.05) is 19.6 Å². The fourth-order valence-corrected chi connectivity index (χ4v) is 2.77. The Morgan fingerprint density at radius 3 is 2.60 bits per heavy atom. The Balaban J connectivity index is 1.49. The van der Waals surface area contributed by atoms with Crippen LogP contribution in [0.5, 0.6) is 5.75 Å². The minimum absolute atomic E-state index is 0.0281. The number of amides is 2. The second-order valence-electron chi connectivity index (χ2n) is 6.56. The normalized spacial score (nSPS) is 13.3. The van der Waals surface area contributed by atoms with Crippen LogP contribution in [0.25, 0.3) is 0 Å². The molecule has 0 aromatic heterocycles. The van der Waals surface area contributed by atoms with Crippen molar-refractivity contribution < 1.29 is 9.53 Å². The molecule has 0 bridgehead atoms. The zero-order valence-corrected chi connectivity index (χ0v) is 14.8. The number of benzene rings is 2. The molecule has 0 aliphatic heterocycles. The molecule has 2 amide bonds. The zero-order chi connectivity index (χ0) is 17.5. The van der Waals surface area contributed by atoms with Gasteiger partial charge in [0.05, 0.1) is 0 Å². The van der Waals surface area contributed by atoms with E-state index in [4.69, 9.17) is 4.74 Å². The maximum atomic E-state index is 12.3. The van der Waals surface area contributed by atoms with Crippen LogP contribution < -0.4 is 10.1 Å². The quantitative estimate of drug-likeness (QED) is 0.783. The second kappa shape index (κ2) is 8.56. The Bertz CT molecular complexity index is 683. The van der Waals surface area contributed by atoms with Gasteiger partial charge in [0.1, 0.15) is 12.4 Å². The molecule has 1 N–H and O–H groups in total.